The number of fused-ring (bicyclic) bond motifs is 1. The molecule has 0 bridgehead atoms. The van der Waals surface area contributed by atoms with Crippen molar-refractivity contribution in [3.8, 4) is 0 Å². The summed E-state index contributed by atoms with van der Waals surface area (Å²) in [6.07, 6.45) is -2.22. The second-order valence-electron chi connectivity index (χ2n) is 13.9. The first kappa shape index (κ1) is 33.2. The molecule has 0 radical (unpaired) electrons. The molecule has 14 heteroatoms. The van der Waals surface area contributed by atoms with E-state index in [4.69, 9.17) is 30.2 Å². The normalized spacial score (nSPS) is 22.2. The molecule has 1 aliphatic rings. The Morgan fingerprint density at radius 1 is 1.05 bits per heavy atom. The minimum Gasteiger partial charge on any atom is -0.443 e. The summed E-state index contributed by atoms with van der Waals surface area (Å²) in [4.78, 5) is 40.4. The lowest BCUT2D eigenvalue weighted by Gasteiger charge is -2.40. The maximum absolute atomic E-state index is 13.3. The molecule has 0 unspecified atom stereocenters. The van der Waals surface area contributed by atoms with Gasteiger partial charge in [-0.05, 0) is 71.3 Å². The van der Waals surface area contributed by atoms with Gasteiger partial charge in [-0.3, -0.25) is 4.57 Å². The highest BCUT2D eigenvalue weighted by atomic mass is 35.5. The number of amides is 2. The number of hydrogen-bond acceptors (Lipinski definition) is 10. The van der Waals surface area contributed by atoms with Crippen LogP contribution in [0.15, 0.2) is 6.33 Å². The number of rotatable bonds is 5. The monoisotopic (exact) mass is 613 g/mol. The Kier molecular flexibility index (Phi) is 9.23. The van der Waals surface area contributed by atoms with E-state index < -0.39 is 50.1 Å². The molecule has 12 nitrogen and oxygen atoms in total. The third-order valence-electron chi connectivity index (χ3n) is 7.13. The summed E-state index contributed by atoms with van der Waals surface area (Å²) in [5.74, 6) is -0.359. The van der Waals surface area contributed by atoms with Crippen LogP contribution in [0.2, 0.25) is 23.4 Å². The predicted octanol–water partition coefficient (Wildman–Crippen LogP) is 6.07. The molecule has 1 fully saturated rings. The van der Waals surface area contributed by atoms with Crippen molar-refractivity contribution in [3.05, 3.63) is 11.6 Å². The van der Waals surface area contributed by atoms with Crippen LogP contribution in [0, 0.1) is 5.92 Å². The lowest BCUT2D eigenvalue weighted by atomic mass is 10.0. The van der Waals surface area contributed by atoms with E-state index in [0.717, 1.165) is 0 Å². The molecule has 2 amide bonds. The molecule has 0 saturated carbocycles. The Morgan fingerprint density at radius 2 is 1.59 bits per heavy atom. The van der Waals surface area contributed by atoms with Crippen molar-refractivity contribution in [2.24, 2.45) is 5.92 Å². The number of aliphatic hydroxyl groups excluding tert-OH is 1. The molecule has 41 heavy (non-hydrogen) atoms. The molecule has 1 aliphatic heterocycles. The Morgan fingerprint density at radius 3 is 2.05 bits per heavy atom. The van der Waals surface area contributed by atoms with Crippen LogP contribution in [0.1, 0.15) is 75.5 Å². The first-order chi connectivity index (χ1) is 18.6. The zero-order chi connectivity index (χ0) is 31.3. The van der Waals surface area contributed by atoms with E-state index in [-0.39, 0.29) is 39.8 Å². The Hall–Kier alpha value is -2.32. The fraction of sp³-hybridized carbons (Fsp3) is 0.741. The number of carbonyl (C=O) groups excluding carboxylic acids is 2. The van der Waals surface area contributed by atoms with E-state index >= 15 is 0 Å². The van der Waals surface area contributed by atoms with E-state index in [9.17, 15) is 14.7 Å². The molecule has 0 aromatic carbocycles. The summed E-state index contributed by atoms with van der Waals surface area (Å²) in [7, 11) is -2.28. The van der Waals surface area contributed by atoms with Gasteiger partial charge in [0.15, 0.2) is 31.5 Å². The molecular weight excluding hydrogens is 570 g/mol. The maximum Gasteiger partial charge on any atom is 0.425 e. The van der Waals surface area contributed by atoms with Crippen molar-refractivity contribution in [2.45, 2.75) is 117 Å². The van der Waals surface area contributed by atoms with E-state index in [0.29, 0.717) is 4.90 Å². The van der Waals surface area contributed by atoms with Crippen molar-refractivity contribution in [1.82, 2.24) is 19.5 Å². The lowest BCUT2D eigenvalue weighted by molar-refractivity contribution is -0.0467. The van der Waals surface area contributed by atoms with Gasteiger partial charge in [-0.15, -0.1) is 0 Å². The Bertz CT molecular complexity index is 1250. The SMILES string of the molecule is C[C@@H]1[C@@H](O[Si](C)(C)C(C)(C)C)[C@H](n2cnc3c(N(C(=O)OC(C)(C)C)C(=O)OC(C)(C)C)nc(Cl)nc32)O[C@@H]1CO. The van der Waals surface area contributed by atoms with Gasteiger partial charge >= 0.3 is 12.2 Å². The zero-order valence-electron chi connectivity index (χ0n) is 26.1. The molecule has 0 spiro atoms. The molecule has 3 rings (SSSR count). The molecule has 2 aromatic rings. The quantitative estimate of drug-likeness (QED) is 0.312. The van der Waals surface area contributed by atoms with Crippen LogP contribution in [0.5, 0.6) is 0 Å². The lowest BCUT2D eigenvalue weighted by Crippen LogP contribution is -2.46. The first-order valence-electron chi connectivity index (χ1n) is 13.7. The van der Waals surface area contributed by atoms with Gasteiger partial charge in [0.05, 0.1) is 25.1 Å². The maximum atomic E-state index is 13.3. The van der Waals surface area contributed by atoms with Crippen molar-refractivity contribution in [1.29, 1.82) is 0 Å². The van der Waals surface area contributed by atoms with E-state index in [1.54, 1.807) is 46.1 Å². The fourth-order valence-electron chi connectivity index (χ4n) is 4.05. The largest absolute Gasteiger partial charge is 0.443 e. The summed E-state index contributed by atoms with van der Waals surface area (Å²) < 4.78 is 25.8. The number of aliphatic hydroxyl groups is 1. The molecular formula is C27H44ClN5O7Si. The summed E-state index contributed by atoms with van der Waals surface area (Å²) in [5.41, 5.74) is -1.54. The summed E-state index contributed by atoms with van der Waals surface area (Å²) in [6, 6.07) is 0. The highest BCUT2D eigenvalue weighted by molar-refractivity contribution is 6.74. The zero-order valence-corrected chi connectivity index (χ0v) is 27.9. The molecule has 4 atom stereocenters. The number of hydrogen-bond donors (Lipinski definition) is 1. The van der Waals surface area contributed by atoms with Crippen molar-refractivity contribution >= 4 is 49.1 Å². The Balaban J connectivity index is 2.17. The molecule has 2 aromatic heterocycles. The van der Waals surface area contributed by atoms with Crippen LogP contribution in [0.25, 0.3) is 11.2 Å². The van der Waals surface area contributed by atoms with Gasteiger partial charge in [-0.2, -0.15) is 14.9 Å². The van der Waals surface area contributed by atoms with Crippen LogP contribution in [0.3, 0.4) is 0 Å². The highest BCUT2D eigenvalue weighted by Gasteiger charge is 2.49. The topological polar surface area (TPSA) is 138 Å². The minimum atomic E-state index is -2.28. The fourth-order valence-corrected chi connectivity index (χ4v) is 5.57. The van der Waals surface area contributed by atoms with Gasteiger partial charge in [0, 0.05) is 5.92 Å². The Labute approximate surface area is 247 Å². The molecule has 1 saturated heterocycles. The van der Waals surface area contributed by atoms with Crippen LogP contribution in [0.4, 0.5) is 15.4 Å². The highest BCUT2D eigenvalue weighted by Crippen LogP contribution is 2.44. The predicted molar refractivity (Wildman–Crippen MR) is 158 cm³/mol. The standard InChI is InChI=1S/C27H44ClN5O7Si/c1-15-16(13-34)37-21(18(15)40-41(11,12)27(8,9)10)32-14-29-17-19(32)30-22(28)31-20(17)33(23(35)38-25(2,3)4)24(36)39-26(5,6)7/h14-16,18,21,34H,13H2,1-12H3/t15-,16+,18+,21+/m0/s1. The van der Waals surface area contributed by atoms with Crippen LogP contribution in [-0.2, 0) is 18.6 Å². The third kappa shape index (κ3) is 7.37. The van der Waals surface area contributed by atoms with Gasteiger partial charge in [-0.1, -0.05) is 27.7 Å². The van der Waals surface area contributed by atoms with E-state index in [2.05, 4.69) is 48.8 Å². The van der Waals surface area contributed by atoms with Crippen molar-refractivity contribution in [3.63, 3.8) is 0 Å². The van der Waals surface area contributed by atoms with Crippen LogP contribution < -0.4 is 4.90 Å². The number of carbonyl (C=O) groups is 2. The average Bonchev–Trinajstić information content (AvgIpc) is 3.31. The van der Waals surface area contributed by atoms with E-state index in [1.165, 1.54) is 6.33 Å². The molecule has 230 valence electrons. The number of nitrogens with zero attached hydrogens (tertiary/aromatic N) is 5. The summed E-state index contributed by atoms with van der Waals surface area (Å²) >= 11 is 6.37. The number of halogens is 1. The average molecular weight is 614 g/mol. The molecule has 3 heterocycles. The minimum absolute atomic E-state index is 0.0778. The van der Waals surface area contributed by atoms with Gasteiger partial charge < -0.3 is 23.7 Å². The van der Waals surface area contributed by atoms with Gasteiger partial charge in [0.25, 0.3) is 0 Å². The van der Waals surface area contributed by atoms with Gasteiger partial charge in [0.1, 0.15) is 11.2 Å². The number of anilines is 1. The van der Waals surface area contributed by atoms with E-state index in [1.807, 2.05) is 6.92 Å². The van der Waals surface area contributed by atoms with Gasteiger partial charge in [-0.25, -0.2) is 14.6 Å². The van der Waals surface area contributed by atoms with Crippen molar-refractivity contribution < 1.29 is 33.3 Å². The molecule has 0 aliphatic carbocycles. The van der Waals surface area contributed by atoms with Crippen molar-refractivity contribution in [2.75, 3.05) is 11.5 Å². The van der Waals surface area contributed by atoms with Gasteiger partial charge in [0.2, 0.25) is 5.28 Å². The number of ether oxygens (including phenoxy) is 3. The number of imidazole rings is 1. The number of imide groups is 1. The number of aromatic nitrogens is 4. The second kappa shape index (κ2) is 11.4. The smallest absolute Gasteiger partial charge is 0.425 e. The first-order valence-corrected chi connectivity index (χ1v) is 17.0. The van der Waals surface area contributed by atoms with Crippen LogP contribution >= 0.6 is 11.6 Å². The molecule has 1 N–H and O–H groups in total. The third-order valence-corrected chi connectivity index (χ3v) is 11.8. The summed E-state index contributed by atoms with van der Waals surface area (Å²) in [5, 5.41) is 9.74. The van der Waals surface area contributed by atoms with Crippen LogP contribution in [-0.4, -0.2) is 75.1 Å². The second-order valence-corrected chi connectivity index (χ2v) is 19.0. The summed E-state index contributed by atoms with van der Waals surface area (Å²) in [6.45, 7) is 22.5.